The Balaban J connectivity index is 1.66. The Hall–Kier alpha value is -2.33. The topological polar surface area (TPSA) is 47.3 Å². The number of aliphatic hydroxyl groups excluding tert-OH is 1. The second-order valence-electron chi connectivity index (χ2n) is 5.80. The van der Waals surface area contributed by atoms with Gasteiger partial charge in [-0.15, -0.1) is 0 Å². The van der Waals surface area contributed by atoms with Crippen LogP contribution in [0.3, 0.4) is 0 Å². The van der Waals surface area contributed by atoms with Gasteiger partial charge >= 0.3 is 0 Å². The lowest BCUT2D eigenvalue weighted by atomic mass is 10.2. The van der Waals surface area contributed by atoms with Crippen molar-refractivity contribution in [1.82, 2.24) is 9.55 Å². The lowest BCUT2D eigenvalue weighted by molar-refractivity contribution is 0.183. The molecule has 0 fully saturated rings. The van der Waals surface area contributed by atoms with Crippen LogP contribution >= 0.6 is 0 Å². The maximum Gasteiger partial charge on any atom is 0.138 e. The van der Waals surface area contributed by atoms with Gasteiger partial charge in [0.15, 0.2) is 0 Å². The summed E-state index contributed by atoms with van der Waals surface area (Å²) in [6.07, 6.45) is 0.272. The third-order valence-electron chi connectivity index (χ3n) is 3.87. The molecule has 1 N–H and O–H groups in total. The first-order valence-corrected chi connectivity index (χ1v) is 7.98. The van der Waals surface area contributed by atoms with Crippen molar-refractivity contribution in [2.24, 2.45) is 0 Å². The number of benzene rings is 2. The zero-order valence-corrected chi connectivity index (χ0v) is 13.6. The van der Waals surface area contributed by atoms with Gasteiger partial charge in [0, 0.05) is 6.54 Å². The van der Waals surface area contributed by atoms with Crippen LogP contribution in [0.25, 0.3) is 11.0 Å². The summed E-state index contributed by atoms with van der Waals surface area (Å²) >= 11 is 0. The van der Waals surface area contributed by atoms with Gasteiger partial charge in [-0.05, 0) is 44.5 Å². The van der Waals surface area contributed by atoms with Gasteiger partial charge in [0.25, 0.3) is 0 Å². The Labute approximate surface area is 136 Å². The summed E-state index contributed by atoms with van der Waals surface area (Å²) in [5.41, 5.74) is 3.20. The van der Waals surface area contributed by atoms with Crippen LogP contribution in [0.5, 0.6) is 5.75 Å². The Bertz CT molecular complexity index is 776. The first-order valence-electron chi connectivity index (χ1n) is 7.98. The minimum atomic E-state index is -0.583. The number of hydrogen-bond acceptors (Lipinski definition) is 3. The molecule has 3 rings (SSSR count). The van der Waals surface area contributed by atoms with Crippen molar-refractivity contribution in [1.29, 1.82) is 0 Å². The fourth-order valence-corrected chi connectivity index (χ4v) is 2.70. The van der Waals surface area contributed by atoms with Crippen molar-refractivity contribution in [3.8, 4) is 5.75 Å². The molecule has 4 nitrogen and oxygen atoms in total. The molecule has 0 aliphatic carbocycles. The lowest BCUT2D eigenvalue weighted by Gasteiger charge is -2.11. The Morgan fingerprint density at radius 2 is 1.87 bits per heavy atom. The van der Waals surface area contributed by atoms with Crippen molar-refractivity contribution < 1.29 is 9.84 Å². The van der Waals surface area contributed by atoms with Crippen LogP contribution in [0.4, 0.5) is 0 Å². The minimum Gasteiger partial charge on any atom is -0.494 e. The van der Waals surface area contributed by atoms with Crippen molar-refractivity contribution in [3.63, 3.8) is 0 Å². The highest BCUT2D eigenvalue weighted by atomic mass is 16.5. The van der Waals surface area contributed by atoms with Gasteiger partial charge in [0.2, 0.25) is 0 Å². The predicted octanol–water partition coefficient (Wildman–Crippen LogP) is 3.87. The van der Waals surface area contributed by atoms with Crippen molar-refractivity contribution >= 4 is 11.0 Å². The Morgan fingerprint density at radius 1 is 1.13 bits per heavy atom. The van der Waals surface area contributed by atoms with Crippen molar-refractivity contribution in [2.45, 2.75) is 32.9 Å². The summed E-state index contributed by atoms with van der Waals surface area (Å²) in [5, 5.41) is 9.95. The van der Waals surface area contributed by atoms with E-state index in [0.717, 1.165) is 29.7 Å². The molecule has 1 heterocycles. The summed E-state index contributed by atoms with van der Waals surface area (Å²) in [6.45, 7) is 5.22. The molecule has 2 aromatic carbocycles. The average Bonchev–Trinajstić information content (AvgIpc) is 2.92. The molecule has 3 aromatic rings. The van der Waals surface area contributed by atoms with Gasteiger partial charge in [0.05, 0.1) is 17.6 Å². The van der Waals surface area contributed by atoms with Gasteiger partial charge < -0.3 is 14.4 Å². The first-order chi connectivity index (χ1) is 11.1. The molecule has 0 spiro atoms. The standard InChI is InChI=1S/C19H22N2O2/c1-14-8-10-16(11-9-14)23-13-5-12-21-18-7-4-3-6-17(18)20-19(21)15(2)22/h3-4,6-11,15,22H,5,12-13H2,1-2H3/t15-/m0/s1. The molecule has 0 aliphatic rings. The molecule has 1 aromatic heterocycles. The highest BCUT2D eigenvalue weighted by Crippen LogP contribution is 2.21. The van der Waals surface area contributed by atoms with Crippen LogP contribution in [0.15, 0.2) is 48.5 Å². The Kier molecular flexibility index (Phi) is 4.63. The summed E-state index contributed by atoms with van der Waals surface area (Å²) < 4.78 is 7.86. The second kappa shape index (κ2) is 6.84. The summed E-state index contributed by atoms with van der Waals surface area (Å²) in [5.74, 6) is 1.60. The lowest BCUT2D eigenvalue weighted by Crippen LogP contribution is -2.09. The molecule has 0 saturated heterocycles. The van der Waals surface area contributed by atoms with E-state index in [0.29, 0.717) is 12.4 Å². The van der Waals surface area contributed by atoms with E-state index in [-0.39, 0.29) is 0 Å². The van der Waals surface area contributed by atoms with Crippen LogP contribution in [0, 0.1) is 6.92 Å². The van der Waals surface area contributed by atoms with Crippen molar-refractivity contribution in [3.05, 3.63) is 59.9 Å². The number of para-hydroxylation sites is 2. The van der Waals surface area contributed by atoms with Gasteiger partial charge in [-0.25, -0.2) is 4.98 Å². The fourth-order valence-electron chi connectivity index (χ4n) is 2.70. The third-order valence-corrected chi connectivity index (χ3v) is 3.87. The van der Waals surface area contributed by atoms with Crippen LogP contribution in [-0.4, -0.2) is 21.3 Å². The molecule has 0 saturated carbocycles. The average molecular weight is 310 g/mol. The van der Waals surface area contributed by atoms with E-state index in [4.69, 9.17) is 4.74 Å². The zero-order valence-electron chi connectivity index (χ0n) is 13.6. The van der Waals surface area contributed by atoms with E-state index in [9.17, 15) is 5.11 Å². The largest absolute Gasteiger partial charge is 0.494 e. The number of aliphatic hydroxyl groups is 1. The third kappa shape index (κ3) is 3.54. The fraction of sp³-hybridized carbons (Fsp3) is 0.316. The summed E-state index contributed by atoms with van der Waals surface area (Å²) in [4.78, 5) is 4.53. The molecule has 120 valence electrons. The van der Waals surface area contributed by atoms with Gasteiger partial charge in [-0.1, -0.05) is 29.8 Å². The monoisotopic (exact) mass is 310 g/mol. The minimum absolute atomic E-state index is 0.583. The molecule has 0 bridgehead atoms. The summed E-state index contributed by atoms with van der Waals surface area (Å²) in [6, 6.07) is 16.0. The molecule has 1 atom stereocenters. The van der Waals surface area contributed by atoms with Crippen LogP contribution in [0.2, 0.25) is 0 Å². The highest BCUT2D eigenvalue weighted by molar-refractivity contribution is 5.75. The molecule has 23 heavy (non-hydrogen) atoms. The molecular formula is C19H22N2O2. The number of ether oxygens (including phenoxy) is 1. The zero-order chi connectivity index (χ0) is 16.2. The number of nitrogens with zero attached hydrogens (tertiary/aromatic N) is 2. The maximum atomic E-state index is 9.95. The van der Waals surface area contributed by atoms with Gasteiger partial charge in [-0.3, -0.25) is 0 Å². The number of aryl methyl sites for hydroxylation is 2. The quantitative estimate of drug-likeness (QED) is 0.703. The van der Waals surface area contributed by atoms with Crippen molar-refractivity contribution in [2.75, 3.05) is 6.61 Å². The van der Waals surface area contributed by atoms with Crippen LogP contribution in [-0.2, 0) is 6.54 Å². The molecule has 0 amide bonds. The summed E-state index contributed by atoms with van der Waals surface area (Å²) in [7, 11) is 0. The van der Waals surface area contributed by atoms with Crippen LogP contribution in [0.1, 0.15) is 30.8 Å². The normalized spacial score (nSPS) is 12.5. The number of hydrogen-bond donors (Lipinski definition) is 1. The first kappa shape index (κ1) is 15.6. The molecule has 0 radical (unpaired) electrons. The van der Waals surface area contributed by atoms with E-state index < -0.39 is 6.10 Å². The number of aromatic nitrogens is 2. The van der Waals surface area contributed by atoms with E-state index in [1.54, 1.807) is 6.92 Å². The van der Waals surface area contributed by atoms with E-state index >= 15 is 0 Å². The predicted molar refractivity (Wildman–Crippen MR) is 91.7 cm³/mol. The number of imidazole rings is 1. The van der Waals surface area contributed by atoms with E-state index in [1.165, 1.54) is 5.56 Å². The molecule has 0 aliphatic heterocycles. The van der Waals surface area contributed by atoms with E-state index in [1.807, 2.05) is 48.5 Å². The van der Waals surface area contributed by atoms with Crippen LogP contribution < -0.4 is 4.74 Å². The highest BCUT2D eigenvalue weighted by Gasteiger charge is 2.14. The molecular weight excluding hydrogens is 288 g/mol. The van der Waals surface area contributed by atoms with Gasteiger partial charge in [0.1, 0.15) is 17.7 Å². The second-order valence-corrected chi connectivity index (χ2v) is 5.80. The Morgan fingerprint density at radius 3 is 2.61 bits per heavy atom. The molecule has 0 unspecified atom stereocenters. The van der Waals surface area contributed by atoms with E-state index in [2.05, 4.69) is 16.5 Å². The maximum absolute atomic E-state index is 9.95. The number of fused-ring (bicyclic) bond motifs is 1. The van der Waals surface area contributed by atoms with Gasteiger partial charge in [-0.2, -0.15) is 0 Å². The SMILES string of the molecule is Cc1ccc(OCCCn2c([C@H](C)O)nc3ccccc32)cc1. The molecule has 4 heteroatoms. The number of rotatable bonds is 6. The smallest absolute Gasteiger partial charge is 0.138 e.